The number of carbonyl (C=O) groups is 3. The molecule has 1 aliphatic heterocycles. The van der Waals surface area contributed by atoms with Gasteiger partial charge in [-0.25, -0.2) is 14.4 Å². The summed E-state index contributed by atoms with van der Waals surface area (Å²) in [7, 11) is 0. The molecule has 1 heterocycles. The minimum atomic E-state index is -1.26. The highest BCUT2D eigenvalue weighted by atomic mass is 16.6. The Morgan fingerprint density at radius 2 is 1.79 bits per heavy atom. The highest BCUT2D eigenvalue weighted by molar-refractivity contribution is 5.89. The Bertz CT molecular complexity index is 644. The molecule has 3 N–H and O–H groups in total. The molecule has 0 saturated carbocycles. The lowest BCUT2D eigenvalue weighted by molar-refractivity contribution is -0.134. The number of alkyl carbamates (subject to hydrolysis) is 1. The van der Waals surface area contributed by atoms with Gasteiger partial charge in [-0.1, -0.05) is 30.3 Å². The van der Waals surface area contributed by atoms with Crippen LogP contribution in [0.5, 0.6) is 0 Å². The fourth-order valence-electron chi connectivity index (χ4n) is 2.66. The lowest BCUT2D eigenvalue weighted by atomic mass is 10.1. The standard InChI is InChI=1S/C16H24N2O2.C4H4O4/c1-13(2)17-16(19)20-15-9-6-10-18(12-15)11-14-7-4-3-5-8-14;5-3(6)1-2-4(7)8/h3-5,7-8,13,15H,6,9-12H2,1-2H3,(H,17,19);1-2H,(H,5,6)(H,7,8)/b;2-1-. The van der Waals surface area contributed by atoms with Crippen molar-refractivity contribution in [1.82, 2.24) is 10.2 Å². The Balaban J connectivity index is 0.000000416. The van der Waals surface area contributed by atoms with Gasteiger partial charge in [0.2, 0.25) is 0 Å². The summed E-state index contributed by atoms with van der Waals surface area (Å²) in [5, 5.41) is 18.4. The predicted octanol–water partition coefficient (Wildman–Crippen LogP) is 2.50. The van der Waals surface area contributed by atoms with Crippen molar-refractivity contribution in [3.05, 3.63) is 48.0 Å². The summed E-state index contributed by atoms with van der Waals surface area (Å²) in [5.74, 6) is -2.51. The van der Waals surface area contributed by atoms with Gasteiger partial charge in [0.05, 0.1) is 0 Å². The third kappa shape index (κ3) is 11.0. The van der Waals surface area contributed by atoms with Crippen LogP contribution in [0.3, 0.4) is 0 Å². The number of carbonyl (C=O) groups excluding carboxylic acids is 1. The second-order valence-corrected chi connectivity index (χ2v) is 6.70. The van der Waals surface area contributed by atoms with E-state index in [0.717, 1.165) is 32.5 Å². The predicted molar refractivity (Wildman–Crippen MR) is 104 cm³/mol. The van der Waals surface area contributed by atoms with Crippen molar-refractivity contribution < 1.29 is 29.3 Å². The maximum atomic E-state index is 11.6. The van der Waals surface area contributed by atoms with Gasteiger partial charge in [-0.2, -0.15) is 0 Å². The molecular weight excluding hydrogens is 364 g/mol. The molecule has 154 valence electrons. The largest absolute Gasteiger partial charge is 0.478 e. The Morgan fingerprint density at radius 3 is 2.32 bits per heavy atom. The molecular formula is C20H28N2O6. The molecule has 1 amide bonds. The van der Waals surface area contributed by atoms with Gasteiger partial charge in [0.1, 0.15) is 6.10 Å². The van der Waals surface area contributed by atoms with E-state index in [9.17, 15) is 14.4 Å². The van der Waals surface area contributed by atoms with E-state index in [1.54, 1.807) is 0 Å². The Hall–Kier alpha value is -2.87. The number of likely N-dealkylation sites (tertiary alicyclic amines) is 1. The molecule has 0 bridgehead atoms. The zero-order valence-corrected chi connectivity index (χ0v) is 16.2. The summed E-state index contributed by atoms with van der Waals surface area (Å²) in [6, 6.07) is 10.5. The van der Waals surface area contributed by atoms with Crippen LogP contribution in [0.15, 0.2) is 42.5 Å². The fourth-order valence-corrected chi connectivity index (χ4v) is 2.66. The monoisotopic (exact) mass is 392 g/mol. The van der Waals surface area contributed by atoms with Crippen LogP contribution in [0.25, 0.3) is 0 Å². The number of nitrogens with zero attached hydrogens (tertiary/aromatic N) is 1. The number of amides is 1. The first-order chi connectivity index (χ1) is 13.3. The van der Waals surface area contributed by atoms with Crippen LogP contribution in [0.1, 0.15) is 32.3 Å². The molecule has 0 aliphatic carbocycles. The van der Waals surface area contributed by atoms with Crippen LogP contribution in [-0.2, 0) is 20.9 Å². The van der Waals surface area contributed by atoms with Gasteiger partial charge < -0.3 is 20.3 Å². The summed E-state index contributed by atoms with van der Waals surface area (Å²) in [5.41, 5.74) is 1.31. The van der Waals surface area contributed by atoms with E-state index in [2.05, 4.69) is 34.5 Å². The number of benzene rings is 1. The van der Waals surface area contributed by atoms with Crippen molar-refractivity contribution in [3.8, 4) is 0 Å². The van der Waals surface area contributed by atoms with Crippen molar-refractivity contribution in [3.63, 3.8) is 0 Å². The number of aliphatic carboxylic acids is 2. The molecule has 1 aliphatic rings. The highest BCUT2D eigenvalue weighted by Gasteiger charge is 2.23. The van der Waals surface area contributed by atoms with E-state index in [0.29, 0.717) is 12.2 Å². The van der Waals surface area contributed by atoms with Crippen LogP contribution in [-0.4, -0.2) is 58.4 Å². The summed E-state index contributed by atoms with van der Waals surface area (Å²) in [4.78, 5) is 33.1. The molecule has 8 heteroatoms. The Morgan fingerprint density at radius 1 is 1.18 bits per heavy atom. The summed E-state index contributed by atoms with van der Waals surface area (Å²) < 4.78 is 5.48. The Kier molecular flexibility index (Phi) is 10.3. The number of hydrogen-bond acceptors (Lipinski definition) is 5. The van der Waals surface area contributed by atoms with E-state index in [4.69, 9.17) is 14.9 Å². The van der Waals surface area contributed by atoms with Gasteiger partial charge in [0, 0.05) is 31.3 Å². The number of rotatable bonds is 6. The number of nitrogens with one attached hydrogen (secondary N) is 1. The first kappa shape index (κ1) is 23.2. The third-order valence-electron chi connectivity index (χ3n) is 3.76. The van der Waals surface area contributed by atoms with E-state index in [1.807, 2.05) is 19.9 Å². The number of piperidine rings is 1. The van der Waals surface area contributed by atoms with E-state index >= 15 is 0 Å². The molecule has 1 saturated heterocycles. The van der Waals surface area contributed by atoms with Gasteiger partial charge in [-0.05, 0) is 38.8 Å². The molecule has 1 unspecified atom stereocenters. The molecule has 0 radical (unpaired) electrons. The van der Waals surface area contributed by atoms with E-state index < -0.39 is 11.9 Å². The average molecular weight is 392 g/mol. The average Bonchev–Trinajstić information content (AvgIpc) is 2.61. The summed E-state index contributed by atoms with van der Waals surface area (Å²) in [6.45, 7) is 6.68. The highest BCUT2D eigenvalue weighted by Crippen LogP contribution is 2.16. The zero-order valence-electron chi connectivity index (χ0n) is 16.2. The zero-order chi connectivity index (χ0) is 20.9. The second kappa shape index (κ2) is 12.5. The molecule has 8 nitrogen and oxygen atoms in total. The minimum absolute atomic E-state index is 0.00575. The molecule has 1 fully saturated rings. The van der Waals surface area contributed by atoms with Crippen LogP contribution >= 0.6 is 0 Å². The number of carboxylic acid groups (broad SMARTS) is 2. The first-order valence-corrected chi connectivity index (χ1v) is 9.13. The molecule has 2 rings (SSSR count). The molecule has 28 heavy (non-hydrogen) atoms. The van der Waals surface area contributed by atoms with Crippen molar-refractivity contribution in [2.24, 2.45) is 0 Å². The van der Waals surface area contributed by atoms with Crippen LogP contribution in [0.4, 0.5) is 4.79 Å². The molecule has 1 aromatic carbocycles. The fraction of sp³-hybridized carbons (Fsp3) is 0.450. The van der Waals surface area contributed by atoms with Gasteiger partial charge >= 0.3 is 18.0 Å². The normalized spacial score (nSPS) is 16.9. The summed E-state index contributed by atoms with van der Waals surface area (Å²) in [6.07, 6.45) is 2.85. The number of ether oxygens (including phenoxy) is 1. The number of hydrogen-bond donors (Lipinski definition) is 3. The van der Waals surface area contributed by atoms with Crippen LogP contribution < -0.4 is 5.32 Å². The van der Waals surface area contributed by atoms with Gasteiger partial charge in [-0.3, -0.25) is 4.90 Å². The lowest BCUT2D eigenvalue weighted by Gasteiger charge is -2.32. The van der Waals surface area contributed by atoms with E-state index in [-0.39, 0.29) is 18.2 Å². The van der Waals surface area contributed by atoms with Crippen molar-refractivity contribution in [2.45, 2.75) is 45.4 Å². The first-order valence-electron chi connectivity index (χ1n) is 9.13. The topological polar surface area (TPSA) is 116 Å². The van der Waals surface area contributed by atoms with Crippen molar-refractivity contribution >= 4 is 18.0 Å². The number of carboxylic acids is 2. The lowest BCUT2D eigenvalue weighted by Crippen LogP contribution is -2.42. The van der Waals surface area contributed by atoms with Crippen LogP contribution in [0, 0.1) is 0 Å². The quantitative estimate of drug-likeness (QED) is 0.637. The van der Waals surface area contributed by atoms with Gasteiger partial charge in [0.25, 0.3) is 0 Å². The minimum Gasteiger partial charge on any atom is -0.478 e. The Labute approximate surface area is 164 Å². The van der Waals surface area contributed by atoms with Crippen molar-refractivity contribution in [1.29, 1.82) is 0 Å². The van der Waals surface area contributed by atoms with Crippen molar-refractivity contribution in [2.75, 3.05) is 13.1 Å². The second-order valence-electron chi connectivity index (χ2n) is 6.70. The summed E-state index contributed by atoms with van der Waals surface area (Å²) >= 11 is 0. The molecule has 1 atom stereocenters. The third-order valence-corrected chi connectivity index (χ3v) is 3.76. The molecule has 0 spiro atoms. The SMILES string of the molecule is CC(C)NC(=O)OC1CCCN(Cc2ccccc2)C1.O=C(O)/C=C\C(=O)O. The van der Waals surface area contributed by atoms with E-state index in [1.165, 1.54) is 5.56 Å². The van der Waals surface area contributed by atoms with Crippen LogP contribution in [0.2, 0.25) is 0 Å². The molecule has 1 aromatic rings. The maximum absolute atomic E-state index is 11.6. The van der Waals surface area contributed by atoms with Gasteiger partial charge in [-0.15, -0.1) is 0 Å². The molecule has 0 aromatic heterocycles. The van der Waals surface area contributed by atoms with Gasteiger partial charge in [0.15, 0.2) is 0 Å². The maximum Gasteiger partial charge on any atom is 0.407 e. The smallest absolute Gasteiger partial charge is 0.407 e.